The molecule has 1 saturated carbocycles. The number of hydrogen-bond acceptors (Lipinski definition) is 7. The lowest BCUT2D eigenvalue weighted by molar-refractivity contribution is -0.193. The Bertz CT molecular complexity index is 966. The number of hydrogen-bond donors (Lipinski definition) is 2. The zero-order valence-electron chi connectivity index (χ0n) is 18.5. The Morgan fingerprint density at radius 2 is 1.79 bits per heavy atom. The second kappa shape index (κ2) is 10.5. The van der Waals surface area contributed by atoms with Gasteiger partial charge in [0.15, 0.2) is 0 Å². The van der Waals surface area contributed by atoms with E-state index >= 15 is 0 Å². The van der Waals surface area contributed by atoms with Gasteiger partial charge in [0.1, 0.15) is 6.26 Å². The highest BCUT2D eigenvalue weighted by Gasteiger charge is 2.43. The number of nitrogens with one attached hydrogen (secondary N) is 2. The largest absolute Gasteiger partial charge is 0.491 e. The number of rotatable bonds is 5. The van der Waals surface area contributed by atoms with Gasteiger partial charge in [0.25, 0.3) is 0 Å². The highest BCUT2D eigenvalue weighted by molar-refractivity contribution is 5.87. The van der Waals surface area contributed by atoms with E-state index in [1.54, 1.807) is 6.20 Å². The van der Waals surface area contributed by atoms with E-state index in [4.69, 9.17) is 4.42 Å². The molecule has 184 valence electrons. The van der Waals surface area contributed by atoms with Crippen molar-refractivity contribution in [2.45, 2.75) is 62.8 Å². The van der Waals surface area contributed by atoms with Crippen molar-refractivity contribution in [2.75, 3.05) is 18.0 Å². The highest BCUT2D eigenvalue weighted by atomic mass is 19.4. The lowest BCUT2D eigenvalue weighted by atomic mass is 9.89. The maximum atomic E-state index is 12.4. The minimum Gasteiger partial charge on any atom is -0.445 e. The van der Waals surface area contributed by atoms with Gasteiger partial charge in [-0.3, -0.25) is 0 Å². The molecule has 1 aromatic heterocycles. The van der Waals surface area contributed by atoms with Crippen LogP contribution < -0.4 is 15.5 Å². The molecule has 1 amide bonds. The standard InChI is InChI=1S/C23H27F3N4O4/c24-23(25,26)21(31)34-22(32)29-19-6-2-1-5-18(19)28-16-4-3-12-30(14-16)17-9-7-15(8-10-17)20-27-11-13-33-20/h7-11,13,16,18-19,28H,1-6,12,14H2,(H,29,32)/t16-,18+,19+/m0/s1. The van der Waals surface area contributed by atoms with Crippen molar-refractivity contribution in [1.82, 2.24) is 15.6 Å². The molecule has 1 aliphatic heterocycles. The molecule has 2 N–H and O–H groups in total. The summed E-state index contributed by atoms with van der Waals surface area (Å²) in [6.07, 6.45) is 1.66. The van der Waals surface area contributed by atoms with E-state index < -0.39 is 24.3 Å². The van der Waals surface area contributed by atoms with Gasteiger partial charge in [-0.2, -0.15) is 13.2 Å². The van der Waals surface area contributed by atoms with E-state index in [-0.39, 0.29) is 12.1 Å². The molecule has 1 saturated heterocycles. The maximum Gasteiger partial charge on any atom is 0.491 e. The third-order valence-corrected chi connectivity index (χ3v) is 6.27. The summed E-state index contributed by atoms with van der Waals surface area (Å²) in [5, 5.41) is 6.04. The quantitative estimate of drug-likeness (QED) is 0.493. The molecule has 11 heteroatoms. The molecule has 1 aliphatic carbocycles. The number of halogens is 3. The second-order valence-electron chi connectivity index (χ2n) is 8.65. The molecular weight excluding hydrogens is 453 g/mol. The number of piperidine rings is 1. The van der Waals surface area contributed by atoms with Crippen molar-refractivity contribution in [1.29, 1.82) is 0 Å². The Morgan fingerprint density at radius 3 is 2.47 bits per heavy atom. The number of ether oxygens (including phenoxy) is 1. The summed E-state index contributed by atoms with van der Waals surface area (Å²) in [6.45, 7) is 1.67. The first-order valence-corrected chi connectivity index (χ1v) is 11.4. The van der Waals surface area contributed by atoms with E-state index in [9.17, 15) is 22.8 Å². The van der Waals surface area contributed by atoms with E-state index in [1.165, 1.54) is 6.26 Å². The van der Waals surface area contributed by atoms with Crippen LogP contribution in [0.1, 0.15) is 38.5 Å². The Balaban J connectivity index is 1.33. The SMILES string of the molecule is O=C(N[C@@H]1CCCC[C@H]1N[C@H]1CCCN(c2ccc(-c3ncco3)cc2)C1)OC(=O)C(F)(F)F. The lowest BCUT2D eigenvalue weighted by Crippen LogP contribution is -2.57. The molecule has 3 atom stereocenters. The molecular formula is C23H27F3N4O4. The number of carbonyl (C=O) groups is 2. The van der Waals surface area contributed by atoms with Gasteiger partial charge in [-0.25, -0.2) is 14.6 Å². The van der Waals surface area contributed by atoms with Crippen LogP contribution in [0.15, 0.2) is 41.1 Å². The third kappa shape index (κ3) is 6.07. The first-order chi connectivity index (χ1) is 16.3. The predicted octanol–water partition coefficient (Wildman–Crippen LogP) is 4.03. The minimum atomic E-state index is -5.21. The number of alkyl halides is 3. The van der Waals surface area contributed by atoms with Crippen LogP contribution in [-0.4, -0.2) is 54.4 Å². The monoisotopic (exact) mass is 480 g/mol. The van der Waals surface area contributed by atoms with Crippen LogP contribution in [0.25, 0.3) is 11.5 Å². The zero-order valence-corrected chi connectivity index (χ0v) is 18.5. The number of anilines is 1. The maximum absolute atomic E-state index is 12.4. The molecule has 2 fully saturated rings. The molecule has 34 heavy (non-hydrogen) atoms. The molecule has 0 spiro atoms. The third-order valence-electron chi connectivity index (χ3n) is 6.27. The van der Waals surface area contributed by atoms with E-state index in [0.29, 0.717) is 12.3 Å². The summed E-state index contributed by atoms with van der Waals surface area (Å²) in [5.41, 5.74) is 1.97. The lowest BCUT2D eigenvalue weighted by Gasteiger charge is -2.40. The van der Waals surface area contributed by atoms with Crippen LogP contribution in [-0.2, 0) is 9.53 Å². The average Bonchev–Trinajstić information content (AvgIpc) is 3.35. The average molecular weight is 480 g/mol. The van der Waals surface area contributed by atoms with Gasteiger partial charge < -0.3 is 24.7 Å². The Labute approximate surface area is 194 Å². The van der Waals surface area contributed by atoms with Gasteiger partial charge >= 0.3 is 18.2 Å². The smallest absolute Gasteiger partial charge is 0.445 e. The number of alkyl carbamates (subject to hydrolysis) is 1. The summed E-state index contributed by atoms with van der Waals surface area (Å²) >= 11 is 0. The van der Waals surface area contributed by atoms with Gasteiger partial charge in [-0.05, 0) is 49.9 Å². The molecule has 2 aromatic rings. The predicted molar refractivity (Wildman–Crippen MR) is 117 cm³/mol. The van der Waals surface area contributed by atoms with Gasteiger partial charge in [0.05, 0.1) is 6.20 Å². The van der Waals surface area contributed by atoms with Crippen LogP contribution in [0.5, 0.6) is 0 Å². The van der Waals surface area contributed by atoms with E-state index in [2.05, 4.69) is 25.3 Å². The van der Waals surface area contributed by atoms with E-state index in [1.807, 2.05) is 24.3 Å². The molecule has 8 nitrogen and oxygen atoms in total. The summed E-state index contributed by atoms with van der Waals surface area (Å²) in [7, 11) is 0. The normalized spacial score (nSPS) is 23.4. The molecule has 4 rings (SSSR count). The molecule has 0 unspecified atom stereocenters. The summed E-state index contributed by atoms with van der Waals surface area (Å²) < 4.78 is 46.3. The zero-order chi connectivity index (χ0) is 24.1. The number of amides is 1. The Kier molecular flexibility index (Phi) is 7.40. The molecule has 1 aromatic carbocycles. The summed E-state index contributed by atoms with van der Waals surface area (Å²) in [4.78, 5) is 29.2. The molecule has 2 aliphatic rings. The summed E-state index contributed by atoms with van der Waals surface area (Å²) in [5.74, 6) is -1.95. The minimum absolute atomic E-state index is 0.111. The van der Waals surface area contributed by atoms with Crippen molar-refractivity contribution >= 4 is 17.7 Å². The van der Waals surface area contributed by atoms with Gasteiger partial charge in [0, 0.05) is 42.5 Å². The number of aromatic nitrogens is 1. The van der Waals surface area contributed by atoms with Crippen LogP contribution in [0, 0.1) is 0 Å². The van der Waals surface area contributed by atoms with Gasteiger partial charge in [0.2, 0.25) is 5.89 Å². The number of carbonyl (C=O) groups excluding carboxylic acids is 2. The van der Waals surface area contributed by atoms with Gasteiger partial charge in [-0.1, -0.05) is 12.8 Å². The van der Waals surface area contributed by atoms with Crippen LogP contribution in [0.2, 0.25) is 0 Å². The fourth-order valence-electron chi connectivity index (χ4n) is 4.66. The molecule has 0 bridgehead atoms. The fraction of sp³-hybridized carbons (Fsp3) is 0.522. The Hall–Kier alpha value is -3.08. The van der Waals surface area contributed by atoms with Crippen molar-refractivity contribution in [3.63, 3.8) is 0 Å². The second-order valence-corrected chi connectivity index (χ2v) is 8.65. The van der Waals surface area contributed by atoms with Crippen molar-refractivity contribution < 1.29 is 31.9 Å². The summed E-state index contributed by atoms with van der Waals surface area (Å²) in [6, 6.07) is 7.62. The van der Waals surface area contributed by atoms with Gasteiger partial charge in [-0.15, -0.1) is 0 Å². The first-order valence-electron chi connectivity index (χ1n) is 11.4. The highest BCUT2D eigenvalue weighted by Crippen LogP contribution is 2.26. The first kappa shape index (κ1) is 24.1. The number of esters is 1. The molecule has 2 heterocycles. The van der Waals surface area contributed by atoms with Crippen LogP contribution >= 0.6 is 0 Å². The van der Waals surface area contributed by atoms with Crippen molar-refractivity contribution in [2.24, 2.45) is 0 Å². The number of nitrogens with zero attached hydrogens (tertiary/aromatic N) is 2. The van der Waals surface area contributed by atoms with Crippen molar-refractivity contribution in [3.8, 4) is 11.5 Å². The number of oxazole rings is 1. The number of benzene rings is 1. The Morgan fingerprint density at radius 1 is 1.06 bits per heavy atom. The van der Waals surface area contributed by atoms with Crippen molar-refractivity contribution in [3.05, 3.63) is 36.7 Å². The topological polar surface area (TPSA) is 96.7 Å². The van der Waals surface area contributed by atoms with Crippen LogP contribution in [0.3, 0.4) is 0 Å². The fourth-order valence-corrected chi connectivity index (χ4v) is 4.66. The van der Waals surface area contributed by atoms with E-state index in [0.717, 1.165) is 56.4 Å². The van der Waals surface area contributed by atoms with Crippen LogP contribution in [0.4, 0.5) is 23.7 Å². The molecule has 0 radical (unpaired) electrons.